The lowest BCUT2D eigenvalue weighted by Crippen LogP contribution is -2.03. The summed E-state index contributed by atoms with van der Waals surface area (Å²) in [7, 11) is 1.90. The van der Waals surface area contributed by atoms with Crippen molar-refractivity contribution in [2.75, 3.05) is 0 Å². The molecule has 0 saturated heterocycles. The predicted octanol–water partition coefficient (Wildman–Crippen LogP) is 2.25. The van der Waals surface area contributed by atoms with Gasteiger partial charge in [0.05, 0.1) is 12.1 Å². The maximum atomic E-state index is 11.0. The zero-order chi connectivity index (χ0) is 13.4. The molecule has 2 heterocycles. The van der Waals surface area contributed by atoms with Gasteiger partial charge < -0.3 is 9.67 Å². The van der Waals surface area contributed by atoms with E-state index in [4.69, 9.17) is 5.11 Å². The van der Waals surface area contributed by atoms with E-state index in [2.05, 4.69) is 9.97 Å². The second-order valence-corrected chi connectivity index (χ2v) is 5.27. The van der Waals surface area contributed by atoms with Gasteiger partial charge in [-0.1, -0.05) is 12.8 Å². The lowest BCUT2D eigenvalue weighted by molar-refractivity contribution is -0.136. The Labute approximate surface area is 111 Å². The molecule has 100 valence electrons. The van der Waals surface area contributed by atoms with Gasteiger partial charge in [-0.25, -0.2) is 9.97 Å². The predicted molar refractivity (Wildman–Crippen MR) is 71.1 cm³/mol. The minimum Gasteiger partial charge on any atom is -0.481 e. The van der Waals surface area contributed by atoms with Crippen molar-refractivity contribution in [1.29, 1.82) is 0 Å². The van der Waals surface area contributed by atoms with Crippen LogP contribution in [-0.2, 0) is 18.3 Å². The second kappa shape index (κ2) is 4.64. The molecular formula is C14H17N3O2. The van der Waals surface area contributed by atoms with Crippen LogP contribution in [-0.4, -0.2) is 25.6 Å². The third-order valence-electron chi connectivity index (χ3n) is 3.94. The number of hydrogen-bond donors (Lipinski definition) is 1. The van der Waals surface area contributed by atoms with Gasteiger partial charge in [-0.05, 0) is 18.4 Å². The molecule has 0 spiro atoms. The van der Waals surface area contributed by atoms with Crippen LogP contribution in [0.4, 0.5) is 0 Å². The van der Waals surface area contributed by atoms with E-state index in [-0.39, 0.29) is 6.42 Å². The van der Waals surface area contributed by atoms with E-state index in [1.807, 2.05) is 17.8 Å². The number of aryl methyl sites for hydroxylation is 1. The Kier molecular flexibility index (Phi) is 2.97. The highest BCUT2D eigenvalue weighted by atomic mass is 16.4. The molecule has 0 radical (unpaired) electrons. The van der Waals surface area contributed by atoms with Crippen LogP contribution in [0.1, 0.15) is 42.9 Å². The second-order valence-electron chi connectivity index (χ2n) is 5.27. The maximum Gasteiger partial charge on any atom is 0.307 e. The Hall–Kier alpha value is -1.91. The van der Waals surface area contributed by atoms with Gasteiger partial charge in [0.25, 0.3) is 0 Å². The fraction of sp³-hybridized carbons (Fsp3) is 0.500. The van der Waals surface area contributed by atoms with Gasteiger partial charge >= 0.3 is 5.97 Å². The van der Waals surface area contributed by atoms with Gasteiger partial charge in [0, 0.05) is 24.5 Å². The van der Waals surface area contributed by atoms with Crippen LogP contribution in [0.2, 0.25) is 0 Å². The summed E-state index contributed by atoms with van der Waals surface area (Å²) in [5, 5.41) is 10.00. The summed E-state index contributed by atoms with van der Waals surface area (Å²) in [6, 6.07) is 0. The van der Waals surface area contributed by atoms with E-state index in [9.17, 15) is 4.79 Å². The Morgan fingerprint density at radius 1 is 1.42 bits per heavy atom. The van der Waals surface area contributed by atoms with Crippen LogP contribution < -0.4 is 0 Å². The summed E-state index contributed by atoms with van der Waals surface area (Å²) >= 11 is 0. The third kappa shape index (κ3) is 2.09. The summed E-state index contributed by atoms with van der Waals surface area (Å²) < 4.78 is 1.90. The molecule has 1 aliphatic carbocycles. The van der Waals surface area contributed by atoms with Crippen molar-refractivity contribution >= 4 is 17.0 Å². The minimum atomic E-state index is -0.811. The first-order chi connectivity index (χ1) is 9.16. The Morgan fingerprint density at radius 2 is 2.16 bits per heavy atom. The molecule has 2 aromatic rings. The van der Waals surface area contributed by atoms with E-state index in [0.717, 1.165) is 35.1 Å². The number of carboxylic acid groups (broad SMARTS) is 1. The molecule has 5 heteroatoms. The lowest BCUT2D eigenvalue weighted by atomic mass is 9.98. The quantitative estimate of drug-likeness (QED) is 0.918. The van der Waals surface area contributed by atoms with Crippen LogP contribution >= 0.6 is 0 Å². The van der Waals surface area contributed by atoms with Crippen molar-refractivity contribution in [1.82, 2.24) is 14.5 Å². The molecule has 0 aliphatic heterocycles. The third-order valence-corrected chi connectivity index (χ3v) is 3.94. The van der Waals surface area contributed by atoms with Crippen LogP contribution in [0.5, 0.6) is 0 Å². The molecule has 0 bridgehead atoms. The first kappa shape index (κ1) is 12.1. The van der Waals surface area contributed by atoms with Gasteiger partial charge in [-0.2, -0.15) is 0 Å². The fourth-order valence-electron chi connectivity index (χ4n) is 3.13. The summed E-state index contributed by atoms with van der Waals surface area (Å²) in [6.45, 7) is 0. The van der Waals surface area contributed by atoms with Crippen molar-refractivity contribution in [3.63, 3.8) is 0 Å². The van der Waals surface area contributed by atoms with Gasteiger partial charge in [0.1, 0.15) is 12.0 Å². The Balaban J connectivity index is 2.17. The first-order valence-corrected chi connectivity index (χ1v) is 6.67. The van der Waals surface area contributed by atoms with Gasteiger partial charge in [-0.3, -0.25) is 4.79 Å². The number of fused-ring (bicyclic) bond motifs is 1. The number of aliphatic carboxylic acids is 1. The smallest absolute Gasteiger partial charge is 0.307 e. The molecule has 0 aromatic carbocycles. The van der Waals surface area contributed by atoms with Gasteiger partial charge in [0.2, 0.25) is 0 Å². The fourth-order valence-corrected chi connectivity index (χ4v) is 3.13. The zero-order valence-electron chi connectivity index (χ0n) is 11.0. The highest BCUT2D eigenvalue weighted by Crippen LogP contribution is 2.37. The van der Waals surface area contributed by atoms with Crippen molar-refractivity contribution in [2.24, 2.45) is 7.05 Å². The largest absolute Gasteiger partial charge is 0.481 e. The Morgan fingerprint density at radius 3 is 2.84 bits per heavy atom. The molecule has 2 aromatic heterocycles. The van der Waals surface area contributed by atoms with E-state index in [1.165, 1.54) is 12.8 Å². The highest BCUT2D eigenvalue weighted by molar-refractivity contribution is 5.87. The molecule has 0 atom stereocenters. The summed E-state index contributed by atoms with van der Waals surface area (Å²) in [5.41, 5.74) is 2.71. The van der Waals surface area contributed by atoms with E-state index >= 15 is 0 Å². The number of nitrogens with zero attached hydrogens (tertiary/aromatic N) is 3. The van der Waals surface area contributed by atoms with E-state index < -0.39 is 5.97 Å². The number of hydrogen-bond acceptors (Lipinski definition) is 3. The Bertz CT molecular complexity index is 627. The lowest BCUT2D eigenvalue weighted by Gasteiger charge is -2.10. The number of rotatable bonds is 3. The van der Waals surface area contributed by atoms with Crippen LogP contribution in [0.15, 0.2) is 12.5 Å². The average molecular weight is 259 g/mol. The van der Waals surface area contributed by atoms with Crippen LogP contribution in [0.25, 0.3) is 11.0 Å². The minimum absolute atomic E-state index is 0.0322. The molecule has 1 N–H and O–H groups in total. The topological polar surface area (TPSA) is 68.0 Å². The van der Waals surface area contributed by atoms with Crippen molar-refractivity contribution < 1.29 is 9.90 Å². The highest BCUT2D eigenvalue weighted by Gasteiger charge is 2.24. The molecule has 3 rings (SSSR count). The molecule has 1 aliphatic rings. The SMILES string of the molecule is Cn1cc(CC(=O)O)c2c(C3CCCC3)ncnc21. The monoisotopic (exact) mass is 259 g/mol. The summed E-state index contributed by atoms with van der Waals surface area (Å²) in [6.07, 6.45) is 8.26. The van der Waals surface area contributed by atoms with Gasteiger partial charge in [-0.15, -0.1) is 0 Å². The summed E-state index contributed by atoms with van der Waals surface area (Å²) in [5.74, 6) is -0.353. The maximum absolute atomic E-state index is 11.0. The summed E-state index contributed by atoms with van der Waals surface area (Å²) in [4.78, 5) is 19.8. The molecule has 0 amide bonds. The zero-order valence-corrected chi connectivity index (χ0v) is 11.0. The van der Waals surface area contributed by atoms with Crippen LogP contribution in [0, 0.1) is 0 Å². The van der Waals surface area contributed by atoms with Crippen molar-refractivity contribution in [3.05, 3.63) is 23.8 Å². The van der Waals surface area contributed by atoms with Gasteiger partial charge in [0.15, 0.2) is 0 Å². The average Bonchev–Trinajstić information content (AvgIpc) is 2.98. The van der Waals surface area contributed by atoms with E-state index in [0.29, 0.717) is 5.92 Å². The number of aromatic nitrogens is 3. The molecule has 19 heavy (non-hydrogen) atoms. The molecule has 1 saturated carbocycles. The number of carboxylic acids is 1. The molecular weight excluding hydrogens is 242 g/mol. The van der Waals surface area contributed by atoms with Crippen molar-refractivity contribution in [3.8, 4) is 0 Å². The normalized spacial score (nSPS) is 16.3. The van der Waals surface area contributed by atoms with Crippen molar-refractivity contribution in [2.45, 2.75) is 38.0 Å². The molecule has 5 nitrogen and oxygen atoms in total. The van der Waals surface area contributed by atoms with E-state index in [1.54, 1.807) is 6.33 Å². The first-order valence-electron chi connectivity index (χ1n) is 6.67. The standard InChI is InChI=1S/C14H17N3O2/c1-17-7-10(6-11(18)19)12-13(9-4-2-3-5-9)15-8-16-14(12)17/h7-9H,2-6H2,1H3,(H,18,19). The molecule has 0 unspecified atom stereocenters. The number of carbonyl (C=O) groups is 1. The molecule has 1 fully saturated rings. The van der Waals surface area contributed by atoms with Crippen LogP contribution in [0.3, 0.4) is 0 Å².